The number of amides is 2. The van der Waals surface area contributed by atoms with Crippen molar-refractivity contribution in [3.05, 3.63) is 77.9 Å². The van der Waals surface area contributed by atoms with Gasteiger partial charge in [-0.1, -0.05) is 19.1 Å². The molecule has 2 aromatic carbocycles. The lowest BCUT2D eigenvalue weighted by atomic mass is 10.1. The Bertz CT molecular complexity index is 997. The summed E-state index contributed by atoms with van der Waals surface area (Å²) in [4.78, 5) is 26.2. The van der Waals surface area contributed by atoms with E-state index in [-0.39, 0.29) is 36.3 Å². The molecule has 1 saturated heterocycles. The predicted octanol–water partition coefficient (Wildman–Crippen LogP) is 3.53. The van der Waals surface area contributed by atoms with Crippen LogP contribution < -0.4 is 27.4 Å². The molecule has 2 fully saturated rings. The Morgan fingerprint density at radius 3 is 2.13 bits per heavy atom. The number of nitrogens with two attached hydrogens (primary N) is 2. The second-order valence-electron chi connectivity index (χ2n) is 9.65. The molecule has 2 aromatic rings. The number of hydrogen-bond acceptors (Lipinski definition) is 6. The highest BCUT2D eigenvalue weighted by atomic mass is 19.1. The Morgan fingerprint density at radius 2 is 1.63 bits per heavy atom. The van der Waals surface area contributed by atoms with Gasteiger partial charge >= 0.3 is 0 Å². The Kier molecular flexibility index (Phi) is 13.3. The summed E-state index contributed by atoms with van der Waals surface area (Å²) in [6, 6.07) is 14.3. The highest BCUT2D eigenvalue weighted by molar-refractivity contribution is 5.96. The molecule has 208 valence electrons. The van der Waals surface area contributed by atoms with Crippen molar-refractivity contribution in [3.63, 3.8) is 0 Å². The molecule has 4 rings (SSSR count). The monoisotopic (exact) mass is 526 g/mol. The molecule has 1 heterocycles. The summed E-state index contributed by atoms with van der Waals surface area (Å²) in [5, 5.41) is 9.02. The van der Waals surface area contributed by atoms with Crippen LogP contribution in [0.15, 0.2) is 60.9 Å². The van der Waals surface area contributed by atoms with Crippen LogP contribution in [0.3, 0.4) is 0 Å². The Balaban J connectivity index is 0.000000295. The summed E-state index contributed by atoms with van der Waals surface area (Å²) in [6.45, 7) is 8.30. The largest absolute Gasteiger partial charge is 0.403 e. The average Bonchev–Trinajstić information content (AvgIpc) is 3.77. The van der Waals surface area contributed by atoms with Gasteiger partial charge < -0.3 is 32.3 Å². The van der Waals surface area contributed by atoms with Gasteiger partial charge in [-0.3, -0.25) is 9.59 Å². The number of rotatable bonds is 7. The van der Waals surface area contributed by atoms with E-state index in [1.165, 1.54) is 36.7 Å². The molecule has 2 unspecified atom stereocenters. The summed E-state index contributed by atoms with van der Waals surface area (Å²) in [5.41, 5.74) is 12.9. The number of anilines is 1. The van der Waals surface area contributed by atoms with Crippen molar-refractivity contribution < 1.29 is 14.0 Å². The van der Waals surface area contributed by atoms with E-state index in [1.807, 2.05) is 26.0 Å². The van der Waals surface area contributed by atoms with Crippen molar-refractivity contribution in [3.8, 4) is 0 Å². The van der Waals surface area contributed by atoms with E-state index >= 15 is 0 Å². The third kappa shape index (κ3) is 11.3. The predicted molar refractivity (Wildman–Crippen MR) is 152 cm³/mol. The second kappa shape index (κ2) is 16.4. The lowest BCUT2D eigenvalue weighted by Gasteiger charge is -2.36. The zero-order chi connectivity index (χ0) is 27.9. The molecule has 0 spiro atoms. The minimum absolute atomic E-state index is 0.00812. The standard InChI is InChI=1S/C17H25N5O2.C9H9F.C3H9N/c1-12-10-22(11-13(2)21-12)16(23)9-20-17(24)14-3-5-15(6-4-14)19-8-7-18;10-9-5-3-8(4-6-9)7-1-2-7;1-2-3-4/h3-8,12-13,19,21H,9-11,18H2,1-2H3,(H,20,24);3-7H,1-2H2;2-4H2,1H3/b8-7-;;. The number of halogens is 1. The molecule has 0 aromatic heterocycles. The van der Waals surface area contributed by atoms with Crippen molar-refractivity contribution in [1.29, 1.82) is 0 Å². The maximum Gasteiger partial charge on any atom is 0.251 e. The van der Waals surface area contributed by atoms with Crippen LogP contribution in [0.2, 0.25) is 0 Å². The number of carbonyl (C=O) groups is 2. The number of hydrogen-bond donors (Lipinski definition) is 5. The number of nitrogens with zero attached hydrogens (tertiary/aromatic N) is 1. The molecule has 38 heavy (non-hydrogen) atoms. The molecule has 1 aliphatic carbocycles. The third-order valence-electron chi connectivity index (χ3n) is 6.01. The molecule has 2 aliphatic rings. The second-order valence-corrected chi connectivity index (χ2v) is 9.65. The molecule has 2 amide bonds. The fraction of sp³-hybridized carbons (Fsp3) is 0.448. The van der Waals surface area contributed by atoms with Gasteiger partial charge in [-0.05, 0) is 87.5 Å². The van der Waals surface area contributed by atoms with Gasteiger partial charge in [0.2, 0.25) is 5.91 Å². The molecule has 8 nitrogen and oxygen atoms in total. The number of nitrogens with one attached hydrogen (secondary N) is 3. The van der Waals surface area contributed by atoms with Crippen LogP contribution in [-0.4, -0.2) is 55.0 Å². The molecule has 1 aliphatic heterocycles. The summed E-state index contributed by atoms with van der Waals surface area (Å²) in [6.07, 6.45) is 6.66. The van der Waals surface area contributed by atoms with E-state index < -0.39 is 0 Å². The van der Waals surface area contributed by atoms with E-state index in [0.29, 0.717) is 18.7 Å². The summed E-state index contributed by atoms with van der Waals surface area (Å²) in [7, 11) is 0. The maximum atomic E-state index is 12.4. The van der Waals surface area contributed by atoms with E-state index in [0.717, 1.165) is 24.6 Å². The van der Waals surface area contributed by atoms with Crippen molar-refractivity contribution in [2.75, 3.05) is 31.5 Å². The van der Waals surface area contributed by atoms with Crippen LogP contribution in [-0.2, 0) is 4.79 Å². The van der Waals surface area contributed by atoms with Gasteiger partial charge in [-0.25, -0.2) is 4.39 Å². The fourth-order valence-electron chi connectivity index (χ4n) is 3.91. The molecular formula is C29H43FN6O2. The Hall–Kier alpha value is -3.43. The lowest BCUT2D eigenvalue weighted by Crippen LogP contribution is -2.57. The fourth-order valence-corrected chi connectivity index (χ4v) is 3.91. The minimum Gasteiger partial charge on any atom is -0.403 e. The minimum atomic E-state index is -0.263. The average molecular weight is 527 g/mol. The molecule has 1 saturated carbocycles. The van der Waals surface area contributed by atoms with E-state index in [9.17, 15) is 14.0 Å². The highest BCUT2D eigenvalue weighted by Gasteiger charge is 2.25. The van der Waals surface area contributed by atoms with Crippen LogP contribution in [0.25, 0.3) is 0 Å². The normalized spacial score (nSPS) is 18.5. The van der Waals surface area contributed by atoms with E-state index in [1.54, 1.807) is 35.4 Å². The molecule has 7 N–H and O–H groups in total. The Morgan fingerprint density at radius 1 is 1.05 bits per heavy atom. The van der Waals surface area contributed by atoms with Gasteiger partial charge in [0.15, 0.2) is 0 Å². The number of piperazine rings is 1. The van der Waals surface area contributed by atoms with Gasteiger partial charge in [0.25, 0.3) is 5.91 Å². The number of benzene rings is 2. The van der Waals surface area contributed by atoms with Crippen LogP contribution in [0.4, 0.5) is 10.1 Å². The summed E-state index contributed by atoms with van der Waals surface area (Å²) >= 11 is 0. The van der Waals surface area contributed by atoms with Gasteiger partial charge in [0.1, 0.15) is 5.82 Å². The first kappa shape index (κ1) is 30.8. The van der Waals surface area contributed by atoms with Crippen LogP contribution in [0, 0.1) is 5.82 Å². The zero-order valence-corrected chi connectivity index (χ0v) is 22.8. The first-order valence-electron chi connectivity index (χ1n) is 13.3. The molecule has 2 atom stereocenters. The van der Waals surface area contributed by atoms with Crippen LogP contribution >= 0.6 is 0 Å². The van der Waals surface area contributed by atoms with E-state index in [4.69, 9.17) is 11.5 Å². The van der Waals surface area contributed by atoms with Gasteiger partial charge in [-0.15, -0.1) is 0 Å². The number of carbonyl (C=O) groups excluding carboxylic acids is 2. The quantitative estimate of drug-likeness (QED) is 0.376. The smallest absolute Gasteiger partial charge is 0.251 e. The molecule has 0 bridgehead atoms. The topological polar surface area (TPSA) is 126 Å². The van der Waals surface area contributed by atoms with Crippen LogP contribution in [0.5, 0.6) is 0 Å². The van der Waals surface area contributed by atoms with Crippen molar-refractivity contribution in [1.82, 2.24) is 15.5 Å². The first-order valence-corrected chi connectivity index (χ1v) is 13.3. The highest BCUT2D eigenvalue weighted by Crippen LogP contribution is 2.39. The SMILES string of the molecule is CC1CN(C(=O)CNC(=O)c2ccc(N/C=C\N)cc2)CC(C)N1.CCCN.Fc1ccc(C2CC2)cc1. The van der Waals surface area contributed by atoms with Crippen molar-refractivity contribution in [2.24, 2.45) is 11.5 Å². The Labute approximate surface area is 226 Å². The molecular weight excluding hydrogens is 483 g/mol. The van der Waals surface area contributed by atoms with Gasteiger partial charge in [0, 0.05) is 48.8 Å². The molecule has 0 radical (unpaired) electrons. The summed E-state index contributed by atoms with van der Waals surface area (Å²) in [5.74, 6) is 0.278. The van der Waals surface area contributed by atoms with Crippen LogP contribution in [0.1, 0.15) is 61.9 Å². The van der Waals surface area contributed by atoms with Crippen molar-refractivity contribution >= 4 is 17.5 Å². The van der Waals surface area contributed by atoms with Crippen molar-refractivity contribution in [2.45, 2.75) is 58.0 Å². The maximum absolute atomic E-state index is 12.4. The van der Waals surface area contributed by atoms with Gasteiger partial charge in [-0.2, -0.15) is 0 Å². The van der Waals surface area contributed by atoms with E-state index in [2.05, 4.69) is 22.9 Å². The zero-order valence-electron chi connectivity index (χ0n) is 22.8. The molecule has 9 heteroatoms. The first-order chi connectivity index (χ1) is 18.3. The summed E-state index contributed by atoms with van der Waals surface area (Å²) < 4.78 is 12.4. The van der Waals surface area contributed by atoms with Gasteiger partial charge in [0.05, 0.1) is 6.54 Å². The lowest BCUT2D eigenvalue weighted by molar-refractivity contribution is -0.131. The third-order valence-corrected chi connectivity index (χ3v) is 6.01.